The number of para-hydroxylation sites is 1. The number of benzene rings is 1. The maximum absolute atomic E-state index is 13.1. The molecule has 0 saturated carbocycles. The van der Waals surface area contributed by atoms with Crippen molar-refractivity contribution in [3.8, 4) is 0 Å². The quantitative estimate of drug-likeness (QED) is 0.273. The molecule has 0 aliphatic heterocycles. The maximum atomic E-state index is 13.1. The highest BCUT2D eigenvalue weighted by Gasteiger charge is 2.26. The van der Waals surface area contributed by atoms with Gasteiger partial charge in [0.25, 0.3) is 5.91 Å². The normalized spacial score (nSPS) is 10.5. The van der Waals surface area contributed by atoms with E-state index in [9.17, 15) is 14.4 Å². The molecular formula is C23H24N4O4S2. The number of thioether (sulfide) groups is 1. The number of carbonyl (C=O) groups is 3. The summed E-state index contributed by atoms with van der Waals surface area (Å²) in [5.41, 5.74) is 2.92. The molecule has 0 saturated heterocycles. The number of hydrogen-bond donors (Lipinski definition) is 2. The number of carbonyl (C=O) groups excluding carboxylic acids is 3. The first-order valence-corrected chi connectivity index (χ1v) is 12.0. The van der Waals surface area contributed by atoms with Crippen LogP contribution in [-0.2, 0) is 9.53 Å². The molecule has 0 aliphatic carbocycles. The SMILES string of the molecule is CCOC(=O)c1sc(NC(=O)CSc2nc(C)cc(C)n2)c(C(=O)Nc2ccccc2)c1C. The number of ether oxygens (including phenoxy) is 1. The van der Waals surface area contributed by atoms with Crippen LogP contribution in [0.15, 0.2) is 41.6 Å². The fourth-order valence-electron chi connectivity index (χ4n) is 3.03. The molecule has 172 valence electrons. The van der Waals surface area contributed by atoms with Gasteiger partial charge in [0.15, 0.2) is 5.16 Å². The maximum Gasteiger partial charge on any atom is 0.348 e. The first-order chi connectivity index (χ1) is 15.8. The second-order valence-corrected chi connectivity index (χ2v) is 9.03. The van der Waals surface area contributed by atoms with Gasteiger partial charge in [0.1, 0.15) is 9.88 Å². The van der Waals surface area contributed by atoms with Gasteiger partial charge in [-0.05, 0) is 51.5 Å². The molecule has 0 bridgehead atoms. The molecule has 0 aliphatic rings. The Bertz CT molecular complexity index is 1160. The van der Waals surface area contributed by atoms with Crippen molar-refractivity contribution in [1.82, 2.24) is 9.97 Å². The molecule has 0 spiro atoms. The summed E-state index contributed by atoms with van der Waals surface area (Å²) in [6.07, 6.45) is 0. The number of aromatic nitrogens is 2. The van der Waals surface area contributed by atoms with E-state index >= 15 is 0 Å². The van der Waals surface area contributed by atoms with Crippen LogP contribution in [0.1, 0.15) is 43.9 Å². The molecule has 10 heteroatoms. The first kappa shape index (κ1) is 24.4. The zero-order chi connectivity index (χ0) is 24.0. The number of nitrogens with zero attached hydrogens (tertiary/aromatic N) is 2. The fourth-order valence-corrected chi connectivity index (χ4v) is 4.90. The Balaban J connectivity index is 1.82. The van der Waals surface area contributed by atoms with Gasteiger partial charge in [-0.15, -0.1) is 11.3 Å². The van der Waals surface area contributed by atoms with E-state index in [1.54, 1.807) is 38.1 Å². The van der Waals surface area contributed by atoms with Crippen LogP contribution in [0.2, 0.25) is 0 Å². The Kier molecular flexibility index (Phi) is 8.18. The number of hydrogen-bond acceptors (Lipinski definition) is 8. The van der Waals surface area contributed by atoms with Crippen molar-refractivity contribution >= 4 is 51.6 Å². The lowest BCUT2D eigenvalue weighted by atomic mass is 10.1. The Morgan fingerprint density at radius 3 is 2.33 bits per heavy atom. The summed E-state index contributed by atoms with van der Waals surface area (Å²) in [4.78, 5) is 47.0. The summed E-state index contributed by atoms with van der Waals surface area (Å²) in [6.45, 7) is 7.30. The van der Waals surface area contributed by atoms with Crippen LogP contribution in [0.25, 0.3) is 0 Å². The zero-order valence-corrected chi connectivity index (χ0v) is 20.4. The molecule has 33 heavy (non-hydrogen) atoms. The number of thiophene rings is 1. The van der Waals surface area contributed by atoms with Crippen molar-refractivity contribution in [2.75, 3.05) is 23.0 Å². The highest BCUT2D eigenvalue weighted by atomic mass is 32.2. The van der Waals surface area contributed by atoms with Gasteiger partial charge in [0, 0.05) is 17.1 Å². The van der Waals surface area contributed by atoms with Crippen LogP contribution in [0.4, 0.5) is 10.7 Å². The Morgan fingerprint density at radius 2 is 1.70 bits per heavy atom. The second kappa shape index (κ2) is 11.1. The summed E-state index contributed by atoms with van der Waals surface area (Å²) in [5.74, 6) is -1.25. The summed E-state index contributed by atoms with van der Waals surface area (Å²) in [7, 11) is 0. The predicted molar refractivity (Wildman–Crippen MR) is 130 cm³/mol. The van der Waals surface area contributed by atoms with Crippen molar-refractivity contribution in [1.29, 1.82) is 0 Å². The predicted octanol–water partition coefficient (Wildman–Crippen LogP) is 4.62. The van der Waals surface area contributed by atoms with Gasteiger partial charge in [0.05, 0.1) is 17.9 Å². The molecule has 3 rings (SSSR count). The van der Waals surface area contributed by atoms with Crippen molar-refractivity contribution in [3.63, 3.8) is 0 Å². The van der Waals surface area contributed by atoms with Gasteiger partial charge in [-0.1, -0.05) is 30.0 Å². The highest BCUT2D eigenvalue weighted by molar-refractivity contribution is 7.99. The van der Waals surface area contributed by atoms with Gasteiger partial charge in [-0.25, -0.2) is 14.8 Å². The number of nitrogens with one attached hydrogen (secondary N) is 2. The summed E-state index contributed by atoms with van der Waals surface area (Å²) in [5, 5.41) is 6.36. The molecule has 8 nitrogen and oxygen atoms in total. The summed E-state index contributed by atoms with van der Waals surface area (Å²) < 4.78 is 5.11. The fraction of sp³-hybridized carbons (Fsp3) is 0.261. The molecule has 2 N–H and O–H groups in total. The summed E-state index contributed by atoms with van der Waals surface area (Å²) in [6, 6.07) is 10.8. The third-order valence-corrected chi connectivity index (χ3v) is 6.45. The Morgan fingerprint density at radius 1 is 1.03 bits per heavy atom. The Hall–Kier alpha value is -3.24. The van der Waals surface area contributed by atoms with Crippen molar-refractivity contribution in [2.24, 2.45) is 0 Å². The van der Waals surface area contributed by atoms with Gasteiger partial charge in [-0.2, -0.15) is 0 Å². The zero-order valence-electron chi connectivity index (χ0n) is 18.7. The highest BCUT2D eigenvalue weighted by Crippen LogP contribution is 2.34. The molecule has 0 fully saturated rings. The number of anilines is 2. The van der Waals surface area contributed by atoms with E-state index in [0.717, 1.165) is 22.7 Å². The van der Waals surface area contributed by atoms with E-state index in [0.29, 0.717) is 16.4 Å². The van der Waals surface area contributed by atoms with Crippen LogP contribution in [-0.4, -0.2) is 40.1 Å². The largest absolute Gasteiger partial charge is 0.462 e. The number of aryl methyl sites for hydroxylation is 2. The molecule has 0 unspecified atom stereocenters. The molecule has 0 atom stereocenters. The first-order valence-electron chi connectivity index (χ1n) is 10.2. The van der Waals surface area contributed by atoms with E-state index in [-0.39, 0.29) is 33.7 Å². The Labute approximate surface area is 200 Å². The molecule has 3 aromatic rings. The minimum Gasteiger partial charge on any atom is -0.462 e. The molecule has 2 heterocycles. The minimum atomic E-state index is -0.535. The van der Waals surface area contributed by atoms with Gasteiger partial charge in [0.2, 0.25) is 5.91 Å². The average molecular weight is 485 g/mol. The second-order valence-electron chi connectivity index (χ2n) is 7.07. The third kappa shape index (κ3) is 6.39. The van der Waals surface area contributed by atoms with Gasteiger partial charge in [-0.3, -0.25) is 9.59 Å². The lowest BCUT2D eigenvalue weighted by Gasteiger charge is -2.09. The monoisotopic (exact) mass is 484 g/mol. The molecular weight excluding hydrogens is 460 g/mol. The van der Waals surface area contributed by atoms with Crippen LogP contribution < -0.4 is 10.6 Å². The van der Waals surface area contributed by atoms with Crippen molar-refractivity contribution in [2.45, 2.75) is 32.9 Å². The standard InChI is InChI=1S/C23H24N4O4S2/c1-5-31-22(30)19-15(4)18(20(29)26-16-9-7-6-8-10-16)21(33-19)27-17(28)12-32-23-24-13(2)11-14(3)25-23/h6-11H,5,12H2,1-4H3,(H,26,29)(H,27,28). The van der Waals surface area contributed by atoms with Crippen molar-refractivity contribution in [3.05, 3.63) is 63.8 Å². The van der Waals surface area contributed by atoms with E-state index in [1.165, 1.54) is 11.8 Å². The molecule has 2 aromatic heterocycles. The van der Waals surface area contributed by atoms with E-state index in [1.807, 2.05) is 26.0 Å². The van der Waals surface area contributed by atoms with Crippen LogP contribution in [0.3, 0.4) is 0 Å². The van der Waals surface area contributed by atoms with Crippen LogP contribution >= 0.6 is 23.1 Å². The molecule has 2 amide bonds. The topological polar surface area (TPSA) is 110 Å². The number of rotatable bonds is 8. The minimum absolute atomic E-state index is 0.0499. The van der Waals surface area contributed by atoms with Crippen LogP contribution in [0, 0.1) is 20.8 Å². The lowest BCUT2D eigenvalue weighted by Crippen LogP contribution is -2.18. The van der Waals surface area contributed by atoms with E-state index in [4.69, 9.17) is 4.74 Å². The van der Waals surface area contributed by atoms with Crippen LogP contribution in [0.5, 0.6) is 0 Å². The molecule has 0 radical (unpaired) electrons. The van der Waals surface area contributed by atoms with Crippen molar-refractivity contribution < 1.29 is 19.1 Å². The summed E-state index contributed by atoms with van der Waals surface area (Å²) >= 11 is 2.22. The van der Waals surface area contributed by atoms with E-state index < -0.39 is 11.9 Å². The number of amides is 2. The number of esters is 1. The lowest BCUT2D eigenvalue weighted by molar-refractivity contribution is -0.113. The van der Waals surface area contributed by atoms with Gasteiger partial charge >= 0.3 is 5.97 Å². The smallest absolute Gasteiger partial charge is 0.348 e. The third-order valence-electron chi connectivity index (χ3n) is 4.41. The van der Waals surface area contributed by atoms with E-state index in [2.05, 4.69) is 20.6 Å². The average Bonchev–Trinajstić information content (AvgIpc) is 3.08. The van der Waals surface area contributed by atoms with Gasteiger partial charge < -0.3 is 15.4 Å². The molecule has 1 aromatic carbocycles.